The number of carbonyl (C=O) groups is 1. The maximum absolute atomic E-state index is 12.1. The molecule has 1 aliphatic rings. The third-order valence-corrected chi connectivity index (χ3v) is 3.17. The third kappa shape index (κ3) is 2.28. The van der Waals surface area contributed by atoms with Crippen LogP contribution in [0.1, 0.15) is 18.5 Å². The van der Waals surface area contributed by atoms with Gasteiger partial charge < -0.3 is 9.80 Å². The summed E-state index contributed by atoms with van der Waals surface area (Å²) in [6.45, 7) is 0.859. The monoisotopic (exact) mass is 244 g/mol. The van der Waals surface area contributed by atoms with E-state index in [-0.39, 0.29) is 11.9 Å². The summed E-state index contributed by atoms with van der Waals surface area (Å²) in [7, 11) is 3.55. The standard InChI is InChI=1S/C13H16N4O/c1-16(2)13(18)12-4-3-7-17(12)11-6-5-10(8-14)15-9-11/h5-6,9,12H,3-4,7H2,1-2H3. The van der Waals surface area contributed by atoms with Crippen molar-refractivity contribution in [3.05, 3.63) is 24.0 Å². The average molecular weight is 244 g/mol. The fourth-order valence-electron chi connectivity index (χ4n) is 2.25. The van der Waals surface area contributed by atoms with E-state index in [1.54, 1.807) is 31.3 Å². The Labute approximate surface area is 107 Å². The molecule has 2 rings (SSSR count). The summed E-state index contributed by atoms with van der Waals surface area (Å²) in [5, 5.41) is 8.72. The van der Waals surface area contributed by atoms with E-state index < -0.39 is 0 Å². The number of hydrogen-bond acceptors (Lipinski definition) is 4. The third-order valence-electron chi connectivity index (χ3n) is 3.17. The lowest BCUT2D eigenvalue weighted by Crippen LogP contribution is -2.42. The van der Waals surface area contributed by atoms with Crippen LogP contribution in [0.5, 0.6) is 0 Å². The van der Waals surface area contributed by atoms with Crippen molar-refractivity contribution in [1.29, 1.82) is 5.26 Å². The molecule has 5 nitrogen and oxygen atoms in total. The van der Waals surface area contributed by atoms with Gasteiger partial charge in [0.2, 0.25) is 5.91 Å². The van der Waals surface area contributed by atoms with Crippen molar-refractivity contribution in [3.63, 3.8) is 0 Å². The quantitative estimate of drug-likeness (QED) is 0.779. The molecule has 0 N–H and O–H groups in total. The zero-order chi connectivity index (χ0) is 13.1. The molecule has 1 saturated heterocycles. The van der Waals surface area contributed by atoms with Gasteiger partial charge in [0.15, 0.2) is 0 Å². The molecular weight excluding hydrogens is 228 g/mol. The number of rotatable bonds is 2. The minimum Gasteiger partial charge on any atom is -0.358 e. The predicted molar refractivity (Wildman–Crippen MR) is 68.0 cm³/mol. The van der Waals surface area contributed by atoms with Crippen LogP contribution in [-0.2, 0) is 4.79 Å². The molecule has 2 heterocycles. The highest BCUT2D eigenvalue weighted by atomic mass is 16.2. The van der Waals surface area contributed by atoms with Crippen LogP contribution in [0, 0.1) is 11.3 Å². The lowest BCUT2D eigenvalue weighted by Gasteiger charge is -2.27. The first-order valence-electron chi connectivity index (χ1n) is 5.97. The van der Waals surface area contributed by atoms with Crippen LogP contribution in [0.25, 0.3) is 0 Å². The summed E-state index contributed by atoms with van der Waals surface area (Å²) >= 11 is 0. The maximum atomic E-state index is 12.1. The van der Waals surface area contributed by atoms with Gasteiger partial charge in [0, 0.05) is 20.6 Å². The molecule has 1 amide bonds. The Hall–Kier alpha value is -2.09. The number of likely N-dealkylation sites (N-methyl/N-ethyl adjacent to an activating group) is 1. The molecule has 1 atom stereocenters. The van der Waals surface area contributed by atoms with Crippen molar-refractivity contribution < 1.29 is 4.79 Å². The first-order chi connectivity index (χ1) is 8.63. The van der Waals surface area contributed by atoms with Crippen molar-refractivity contribution >= 4 is 11.6 Å². The van der Waals surface area contributed by atoms with E-state index in [1.807, 2.05) is 12.1 Å². The van der Waals surface area contributed by atoms with Gasteiger partial charge in [-0.15, -0.1) is 0 Å². The van der Waals surface area contributed by atoms with Gasteiger partial charge in [0.1, 0.15) is 17.8 Å². The van der Waals surface area contributed by atoms with E-state index in [9.17, 15) is 4.79 Å². The molecule has 1 unspecified atom stereocenters. The lowest BCUT2D eigenvalue weighted by molar-refractivity contribution is -0.129. The van der Waals surface area contributed by atoms with Gasteiger partial charge in [-0.3, -0.25) is 4.79 Å². The van der Waals surface area contributed by atoms with E-state index in [0.717, 1.165) is 25.1 Å². The van der Waals surface area contributed by atoms with E-state index in [2.05, 4.69) is 9.88 Å². The smallest absolute Gasteiger partial charge is 0.244 e. The van der Waals surface area contributed by atoms with Crippen molar-refractivity contribution in [2.75, 3.05) is 25.5 Å². The average Bonchev–Trinajstić information content (AvgIpc) is 2.87. The topological polar surface area (TPSA) is 60.2 Å². The van der Waals surface area contributed by atoms with Crippen LogP contribution in [0.3, 0.4) is 0 Å². The second kappa shape index (κ2) is 5.05. The molecule has 1 aromatic rings. The Balaban J connectivity index is 2.21. The normalized spacial score (nSPS) is 18.5. The molecule has 0 radical (unpaired) electrons. The van der Waals surface area contributed by atoms with Gasteiger partial charge in [0.05, 0.1) is 11.9 Å². The molecule has 5 heteroatoms. The second-order valence-electron chi connectivity index (χ2n) is 4.60. The Morgan fingerprint density at radius 3 is 2.89 bits per heavy atom. The van der Waals surface area contributed by atoms with Gasteiger partial charge in [-0.2, -0.15) is 5.26 Å². The fourth-order valence-corrected chi connectivity index (χ4v) is 2.25. The first kappa shape index (κ1) is 12.4. The van der Waals surface area contributed by atoms with Gasteiger partial charge >= 0.3 is 0 Å². The molecule has 18 heavy (non-hydrogen) atoms. The molecule has 1 aliphatic heterocycles. The van der Waals surface area contributed by atoms with Crippen molar-refractivity contribution in [2.45, 2.75) is 18.9 Å². The molecule has 0 spiro atoms. The van der Waals surface area contributed by atoms with E-state index in [0.29, 0.717) is 5.69 Å². The zero-order valence-corrected chi connectivity index (χ0v) is 10.6. The van der Waals surface area contributed by atoms with Gasteiger partial charge in [-0.05, 0) is 25.0 Å². The fraction of sp³-hybridized carbons (Fsp3) is 0.462. The summed E-state index contributed by atoms with van der Waals surface area (Å²) in [6.07, 6.45) is 3.54. The summed E-state index contributed by atoms with van der Waals surface area (Å²) in [4.78, 5) is 19.8. The Bertz CT molecular complexity index is 475. The van der Waals surface area contributed by atoms with Crippen molar-refractivity contribution in [2.24, 2.45) is 0 Å². The summed E-state index contributed by atoms with van der Waals surface area (Å²) in [5.41, 5.74) is 1.31. The second-order valence-corrected chi connectivity index (χ2v) is 4.60. The number of nitriles is 1. The van der Waals surface area contributed by atoms with Crippen LogP contribution in [-0.4, -0.2) is 42.5 Å². The van der Waals surface area contributed by atoms with Crippen LogP contribution in [0.15, 0.2) is 18.3 Å². The number of hydrogen-bond donors (Lipinski definition) is 0. The maximum Gasteiger partial charge on any atom is 0.244 e. The van der Waals surface area contributed by atoms with E-state index >= 15 is 0 Å². The van der Waals surface area contributed by atoms with Gasteiger partial charge in [-0.25, -0.2) is 4.98 Å². The number of aromatic nitrogens is 1. The molecule has 1 aromatic heterocycles. The molecule has 0 bridgehead atoms. The molecule has 0 aliphatic carbocycles. The minimum absolute atomic E-state index is 0.102. The highest BCUT2D eigenvalue weighted by Gasteiger charge is 2.31. The minimum atomic E-state index is -0.102. The lowest BCUT2D eigenvalue weighted by atomic mass is 10.2. The van der Waals surface area contributed by atoms with E-state index in [1.165, 1.54) is 0 Å². The SMILES string of the molecule is CN(C)C(=O)C1CCCN1c1ccc(C#N)nc1. The number of anilines is 1. The summed E-state index contributed by atoms with van der Waals surface area (Å²) in [5.74, 6) is 0.122. The Morgan fingerprint density at radius 2 is 2.33 bits per heavy atom. The van der Waals surface area contributed by atoms with Crippen LogP contribution >= 0.6 is 0 Å². The Kier molecular flexibility index (Phi) is 3.47. The molecule has 94 valence electrons. The van der Waals surface area contributed by atoms with Crippen LogP contribution in [0.2, 0.25) is 0 Å². The van der Waals surface area contributed by atoms with Crippen LogP contribution in [0.4, 0.5) is 5.69 Å². The van der Waals surface area contributed by atoms with Crippen LogP contribution < -0.4 is 4.90 Å². The van der Waals surface area contributed by atoms with Gasteiger partial charge in [-0.1, -0.05) is 0 Å². The predicted octanol–water partition coefficient (Wildman–Crippen LogP) is 1.01. The number of amides is 1. The Morgan fingerprint density at radius 1 is 1.56 bits per heavy atom. The largest absolute Gasteiger partial charge is 0.358 e. The molecule has 0 aromatic carbocycles. The summed E-state index contributed by atoms with van der Waals surface area (Å²) in [6, 6.07) is 5.43. The number of carbonyl (C=O) groups excluding carboxylic acids is 1. The highest BCUT2D eigenvalue weighted by molar-refractivity contribution is 5.85. The zero-order valence-electron chi connectivity index (χ0n) is 10.6. The van der Waals surface area contributed by atoms with Crippen molar-refractivity contribution in [3.8, 4) is 6.07 Å². The molecule has 1 fully saturated rings. The van der Waals surface area contributed by atoms with E-state index in [4.69, 9.17) is 5.26 Å². The number of nitrogens with zero attached hydrogens (tertiary/aromatic N) is 4. The highest BCUT2D eigenvalue weighted by Crippen LogP contribution is 2.25. The first-order valence-corrected chi connectivity index (χ1v) is 5.97. The summed E-state index contributed by atoms with van der Waals surface area (Å²) < 4.78 is 0. The van der Waals surface area contributed by atoms with Crippen molar-refractivity contribution in [1.82, 2.24) is 9.88 Å². The van der Waals surface area contributed by atoms with Gasteiger partial charge in [0.25, 0.3) is 0 Å². The number of pyridine rings is 1. The molecule has 0 saturated carbocycles. The molecular formula is C13H16N4O.